The molecule has 1 atom stereocenters. The van der Waals surface area contributed by atoms with Crippen LogP contribution in [-0.2, 0) is 18.3 Å². The van der Waals surface area contributed by atoms with Gasteiger partial charge in [-0.2, -0.15) is 0 Å². The molecule has 0 aliphatic carbocycles. The van der Waals surface area contributed by atoms with Crippen molar-refractivity contribution in [1.82, 2.24) is 10.0 Å². The van der Waals surface area contributed by atoms with E-state index in [0.717, 1.165) is 16.5 Å². The van der Waals surface area contributed by atoms with Gasteiger partial charge in [-0.25, -0.2) is 5.48 Å². The molecule has 1 heterocycles. The fourth-order valence-corrected chi connectivity index (χ4v) is 2.00. The van der Waals surface area contributed by atoms with Gasteiger partial charge in [0.05, 0.1) is 6.04 Å². The first-order valence-electron chi connectivity index (χ1n) is 5.36. The van der Waals surface area contributed by atoms with Gasteiger partial charge < -0.3 is 10.3 Å². The number of hydrogen-bond acceptors (Lipinski definition) is 3. The molecule has 1 unspecified atom stereocenters. The van der Waals surface area contributed by atoms with Gasteiger partial charge in [0.25, 0.3) is 5.91 Å². The first kappa shape index (κ1) is 11.6. The molecule has 0 saturated heterocycles. The highest BCUT2D eigenvalue weighted by atomic mass is 16.5. The summed E-state index contributed by atoms with van der Waals surface area (Å²) >= 11 is 0. The number of fused-ring (bicyclic) bond motifs is 1. The average molecular weight is 233 g/mol. The minimum atomic E-state index is -0.745. The molecule has 1 amide bonds. The second-order valence-corrected chi connectivity index (χ2v) is 4.07. The second kappa shape index (κ2) is 4.57. The predicted molar refractivity (Wildman–Crippen MR) is 64.5 cm³/mol. The molecule has 1 aromatic heterocycles. The highest BCUT2D eigenvalue weighted by molar-refractivity contribution is 5.86. The molecule has 0 aliphatic rings. The molecule has 5 heteroatoms. The fraction of sp³-hybridized carbons (Fsp3) is 0.250. The summed E-state index contributed by atoms with van der Waals surface area (Å²) in [5.41, 5.74) is 9.34. The summed E-state index contributed by atoms with van der Waals surface area (Å²) in [6, 6.07) is 7.17. The molecule has 5 nitrogen and oxygen atoms in total. The molecule has 0 radical (unpaired) electrons. The van der Waals surface area contributed by atoms with Gasteiger partial charge in [-0.05, 0) is 18.1 Å². The lowest BCUT2D eigenvalue weighted by molar-refractivity contribution is -0.130. The Labute approximate surface area is 98.8 Å². The van der Waals surface area contributed by atoms with Crippen molar-refractivity contribution in [2.45, 2.75) is 12.5 Å². The molecule has 1 aromatic carbocycles. The number of aromatic nitrogens is 1. The van der Waals surface area contributed by atoms with Crippen LogP contribution in [-0.4, -0.2) is 21.7 Å². The quantitative estimate of drug-likeness (QED) is 0.535. The van der Waals surface area contributed by atoms with Gasteiger partial charge in [-0.15, -0.1) is 0 Å². The van der Waals surface area contributed by atoms with Crippen LogP contribution in [0.2, 0.25) is 0 Å². The first-order valence-corrected chi connectivity index (χ1v) is 5.36. The number of nitrogens with two attached hydrogens (primary N) is 1. The van der Waals surface area contributed by atoms with Gasteiger partial charge >= 0.3 is 0 Å². The van der Waals surface area contributed by atoms with Crippen LogP contribution in [0.25, 0.3) is 10.9 Å². The molecule has 0 bridgehead atoms. The Bertz CT molecular complexity index is 548. The van der Waals surface area contributed by atoms with E-state index in [9.17, 15) is 4.79 Å². The number of hydroxylamine groups is 1. The van der Waals surface area contributed by atoms with E-state index in [2.05, 4.69) is 0 Å². The van der Waals surface area contributed by atoms with Crippen molar-refractivity contribution in [2.24, 2.45) is 12.8 Å². The Morgan fingerprint density at radius 1 is 1.53 bits per heavy atom. The summed E-state index contributed by atoms with van der Waals surface area (Å²) in [5, 5.41) is 9.60. The van der Waals surface area contributed by atoms with Crippen LogP contribution in [0.15, 0.2) is 30.5 Å². The number of carbonyl (C=O) groups is 1. The number of benzene rings is 1. The van der Waals surface area contributed by atoms with Crippen LogP contribution in [0.4, 0.5) is 0 Å². The van der Waals surface area contributed by atoms with Crippen molar-refractivity contribution in [2.75, 3.05) is 0 Å². The van der Waals surface area contributed by atoms with Crippen LogP contribution in [0.3, 0.4) is 0 Å². The third kappa shape index (κ3) is 2.15. The maximum Gasteiger partial charge on any atom is 0.260 e. The number of aryl methyl sites for hydroxylation is 1. The summed E-state index contributed by atoms with van der Waals surface area (Å²) < 4.78 is 1.99. The number of amides is 1. The fourth-order valence-electron chi connectivity index (χ4n) is 2.00. The zero-order valence-corrected chi connectivity index (χ0v) is 9.55. The van der Waals surface area contributed by atoms with Crippen molar-refractivity contribution in [3.63, 3.8) is 0 Å². The van der Waals surface area contributed by atoms with Crippen molar-refractivity contribution in [3.05, 3.63) is 36.0 Å². The first-order chi connectivity index (χ1) is 8.13. The number of hydrogen-bond donors (Lipinski definition) is 3. The van der Waals surface area contributed by atoms with Gasteiger partial charge in [0.2, 0.25) is 0 Å². The largest absolute Gasteiger partial charge is 0.350 e. The minimum absolute atomic E-state index is 0.397. The van der Waals surface area contributed by atoms with E-state index in [1.54, 1.807) is 5.48 Å². The number of nitrogens with one attached hydrogen (secondary N) is 1. The monoisotopic (exact) mass is 233 g/mol. The lowest BCUT2D eigenvalue weighted by Gasteiger charge is -2.07. The van der Waals surface area contributed by atoms with Crippen molar-refractivity contribution < 1.29 is 10.0 Å². The zero-order chi connectivity index (χ0) is 12.4. The van der Waals surface area contributed by atoms with Crippen LogP contribution >= 0.6 is 0 Å². The van der Waals surface area contributed by atoms with E-state index >= 15 is 0 Å². The molecule has 0 aliphatic heterocycles. The zero-order valence-electron chi connectivity index (χ0n) is 9.55. The molecule has 4 N–H and O–H groups in total. The maximum atomic E-state index is 11.2. The molecule has 0 fully saturated rings. The van der Waals surface area contributed by atoms with Gasteiger partial charge in [0.15, 0.2) is 0 Å². The highest BCUT2D eigenvalue weighted by Gasteiger charge is 2.15. The van der Waals surface area contributed by atoms with Crippen molar-refractivity contribution >= 4 is 16.8 Å². The van der Waals surface area contributed by atoms with E-state index < -0.39 is 11.9 Å². The van der Waals surface area contributed by atoms with Crippen LogP contribution < -0.4 is 11.2 Å². The molecule has 0 saturated carbocycles. The number of para-hydroxylation sites is 1. The number of carbonyl (C=O) groups excluding carboxylic acids is 1. The lowest BCUT2D eigenvalue weighted by Crippen LogP contribution is -2.40. The van der Waals surface area contributed by atoms with E-state index in [0.29, 0.717) is 6.42 Å². The van der Waals surface area contributed by atoms with E-state index in [1.165, 1.54) is 0 Å². The van der Waals surface area contributed by atoms with E-state index in [1.807, 2.05) is 42.1 Å². The molecule has 90 valence electrons. The Kier molecular flexibility index (Phi) is 3.12. The smallest absolute Gasteiger partial charge is 0.260 e. The Morgan fingerprint density at radius 2 is 2.24 bits per heavy atom. The maximum absolute atomic E-state index is 11.2. The normalized spacial score (nSPS) is 12.6. The molecular weight excluding hydrogens is 218 g/mol. The van der Waals surface area contributed by atoms with E-state index in [-0.39, 0.29) is 0 Å². The van der Waals surface area contributed by atoms with Gasteiger partial charge in [0.1, 0.15) is 0 Å². The SMILES string of the molecule is Cn1cc(CC(N)C(=O)NO)c2ccccc21. The summed E-state index contributed by atoms with van der Waals surface area (Å²) in [6.45, 7) is 0. The predicted octanol–water partition coefficient (Wildman–Crippen LogP) is 0.554. The Morgan fingerprint density at radius 3 is 2.94 bits per heavy atom. The summed E-state index contributed by atoms with van der Waals surface area (Å²) in [4.78, 5) is 11.2. The third-order valence-corrected chi connectivity index (χ3v) is 2.87. The summed E-state index contributed by atoms with van der Waals surface area (Å²) in [6.07, 6.45) is 2.35. The summed E-state index contributed by atoms with van der Waals surface area (Å²) in [7, 11) is 1.95. The van der Waals surface area contributed by atoms with Gasteiger partial charge in [0, 0.05) is 24.1 Å². The molecule has 17 heavy (non-hydrogen) atoms. The lowest BCUT2D eigenvalue weighted by atomic mass is 10.1. The molecular formula is C12H15N3O2. The standard InChI is InChI=1S/C12H15N3O2/c1-15-7-8(6-10(13)12(16)14-17)9-4-2-3-5-11(9)15/h2-5,7,10,17H,6,13H2,1H3,(H,14,16). The third-order valence-electron chi connectivity index (χ3n) is 2.87. The average Bonchev–Trinajstić information content (AvgIpc) is 2.66. The van der Waals surface area contributed by atoms with Crippen LogP contribution in [0.5, 0.6) is 0 Å². The molecule has 2 aromatic rings. The van der Waals surface area contributed by atoms with Gasteiger partial charge in [-0.1, -0.05) is 18.2 Å². The second-order valence-electron chi connectivity index (χ2n) is 4.07. The highest BCUT2D eigenvalue weighted by Crippen LogP contribution is 2.21. The molecule has 0 spiro atoms. The Balaban J connectivity index is 2.33. The minimum Gasteiger partial charge on any atom is -0.350 e. The van der Waals surface area contributed by atoms with Crippen molar-refractivity contribution in [3.8, 4) is 0 Å². The topological polar surface area (TPSA) is 80.3 Å². The van der Waals surface area contributed by atoms with Gasteiger partial charge in [-0.3, -0.25) is 10.0 Å². The molecule has 2 rings (SSSR count). The number of nitrogens with zero attached hydrogens (tertiary/aromatic N) is 1. The van der Waals surface area contributed by atoms with Crippen LogP contribution in [0.1, 0.15) is 5.56 Å². The van der Waals surface area contributed by atoms with Crippen molar-refractivity contribution in [1.29, 1.82) is 0 Å². The summed E-state index contributed by atoms with van der Waals surface area (Å²) in [5.74, 6) is -0.571. The Hall–Kier alpha value is -1.85. The van der Waals surface area contributed by atoms with Crippen LogP contribution in [0, 0.1) is 0 Å². The van der Waals surface area contributed by atoms with E-state index in [4.69, 9.17) is 10.9 Å². The number of rotatable bonds is 3.